The van der Waals surface area contributed by atoms with Crippen LogP contribution in [0, 0.1) is 0 Å². The van der Waals surface area contributed by atoms with Gasteiger partial charge in [0.15, 0.2) is 0 Å². The summed E-state index contributed by atoms with van der Waals surface area (Å²) in [6.45, 7) is 0. The lowest BCUT2D eigenvalue weighted by molar-refractivity contribution is 0.0964. The molecule has 2 N–H and O–H groups in total. The van der Waals surface area contributed by atoms with Crippen molar-refractivity contribution >= 4 is 39.9 Å². The largest absolute Gasteiger partial charge is 0.355 e. The van der Waals surface area contributed by atoms with Gasteiger partial charge in [0.2, 0.25) is 0 Å². The van der Waals surface area contributed by atoms with Crippen molar-refractivity contribution < 1.29 is 9.59 Å². The Balaban J connectivity index is 2.19. The third-order valence-corrected chi connectivity index (χ3v) is 4.25. The molecule has 2 amide bonds. The van der Waals surface area contributed by atoms with Crippen LogP contribution in [0.25, 0.3) is 0 Å². The minimum Gasteiger partial charge on any atom is -0.355 e. The van der Waals surface area contributed by atoms with E-state index in [-0.39, 0.29) is 11.8 Å². The van der Waals surface area contributed by atoms with Gasteiger partial charge in [-0.25, -0.2) is 0 Å². The second-order valence-corrected chi connectivity index (χ2v) is 5.72. The van der Waals surface area contributed by atoms with Crippen LogP contribution < -0.4 is 10.6 Å². The quantitative estimate of drug-likeness (QED) is 0.854. The Labute approximate surface area is 125 Å². The van der Waals surface area contributed by atoms with E-state index in [4.69, 9.17) is 0 Å². The molecular weight excluding hydrogens is 292 g/mol. The van der Waals surface area contributed by atoms with Crippen molar-refractivity contribution in [2.75, 3.05) is 18.6 Å². The number of nitrogens with one attached hydrogen (secondary N) is 2. The maximum atomic E-state index is 12.2. The molecule has 2 aromatic rings. The lowest BCUT2D eigenvalue weighted by Gasteiger charge is -2.06. The smallest absolute Gasteiger partial charge is 0.256 e. The fraction of sp³-hybridized carbons (Fsp3) is 0.143. The van der Waals surface area contributed by atoms with Crippen LogP contribution in [0.2, 0.25) is 0 Å². The highest BCUT2D eigenvalue weighted by molar-refractivity contribution is 7.98. The van der Waals surface area contributed by atoms with Gasteiger partial charge < -0.3 is 10.6 Å². The molecule has 0 unspecified atom stereocenters. The fourth-order valence-electron chi connectivity index (χ4n) is 1.66. The molecule has 0 fully saturated rings. The first-order valence-corrected chi connectivity index (χ1v) is 8.01. The summed E-state index contributed by atoms with van der Waals surface area (Å²) in [6, 6.07) is 9.06. The van der Waals surface area contributed by atoms with Crippen LogP contribution in [0.15, 0.2) is 40.6 Å². The van der Waals surface area contributed by atoms with E-state index in [1.165, 1.54) is 11.3 Å². The molecule has 0 saturated heterocycles. The van der Waals surface area contributed by atoms with Gasteiger partial charge in [0.25, 0.3) is 11.8 Å². The molecule has 20 heavy (non-hydrogen) atoms. The molecular formula is C14H14N2O2S2. The van der Waals surface area contributed by atoms with Crippen molar-refractivity contribution in [3.05, 3.63) is 46.8 Å². The number of anilines is 1. The molecule has 0 bridgehead atoms. The normalized spacial score (nSPS) is 10.1. The van der Waals surface area contributed by atoms with E-state index in [2.05, 4.69) is 10.6 Å². The van der Waals surface area contributed by atoms with Gasteiger partial charge in [0, 0.05) is 17.5 Å². The summed E-state index contributed by atoms with van der Waals surface area (Å²) in [5.74, 6) is -0.423. The number of carbonyl (C=O) groups is 2. The molecule has 0 saturated carbocycles. The van der Waals surface area contributed by atoms with Crippen LogP contribution in [0.3, 0.4) is 0 Å². The van der Waals surface area contributed by atoms with Gasteiger partial charge in [-0.2, -0.15) is 0 Å². The molecule has 0 atom stereocenters. The monoisotopic (exact) mass is 306 g/mol. The van der Waals surface area contributed by atoms with Gasteiger partial charge in [-0.15, -0.1) is 23.1 Å². The number of thiophene rings is 1. The zero-order chi connectivity index (χ0) is 14.5. The summed E-state index contributed by atoms with van der Waals surface area (Å²) in [6.07, 6.45) is 1.96. The van der Waals surface area contributed by atoms with Crippen LogP contribution in [0.5, 0.6) is 0 Å². The molecule has 6 heteroatoms. The fourth-order valence-corrected chi connectivity index (χ4v) is 2.90. The zero-order valence-corrected chi connectivity index (χ0v) is 12.7. The Morgan fingerprint density at radius 2 is 2.00 bits per heavy atom. The lowest BCUT2D eigenvalue weighted by atomic mass is 10.2. The zero-order valence-electron chi connectivity index (χ0n) is 11.1. The number of thioether (sulfide) groups is 1. The number of amides is 2. The van der Waals surface area contributed by atoms with E-state index in [0.717, 1.165) is 4.90 Å². The van der Waals surface area contributed by atoms with Gasteiger partial charge in [-0.1, -0.05) is 6.07 Å². The number of hydrogen-bond acceptors (Lipinski definition) is 4. The third-order valence-electron chi connectivity index (χ3n) is 2.70. The van der Waals surface area contributed by atoms with Gasteiger partial charge in [0.05, 0.1) is 5.56 Å². The van der Waals surface area contributed by atoms with Crippen LogP contribution in [-0.4, -0.2) is 25.1 Å². The molecule has 0 aliphatic carbocycles. The molecule has 1 aromatic heterocycles. The van der Waals surface area contributed by atoms with Crippen molar-refractivity contribution in [2.24, 2.45) is 0 Å². The average Bonchev–Trinajstić information content (AvgIpc) is 2.94. The Kier molecular flexibility index (Phi) is 4.81. The summed E-state index contributed by atoms with van der Waals surface area (Å²) >= 11 is 2.91. The highest BCUT2D eigenvalue weighted by Gasteiger charge is 2.14. The number of rotatable bonds is 4. The first-order chi connectivity index (χ1) is 9.65. The van der Waals surface area contributed by atoms with E-state index in [1.54, 1.807) is 36.3 Å². The van der Waals surface area contributed by atoms with Crippen LogP contribution in [0.4, 0.5) is 5.00 Å². The molecule has 0 aliphatic rings. The molecule has 0 aliphatic heterocycles. The average molecular weight is 306 g/mol. The summed E-state index contributed by atoms with van der Waals surface area (Å²) in [7, 11) is 1.56. The predicted molar refractivity (Wildman–Crippen MR) is 83.9 cm³/mol. The van der Waals surface area contributed by atoms with Crippen LogP contribution in [0.1, 0.15) is 20.7 Å². The summed E-state index contributed by atoms with van der Waals surface area (Å²) in [5.41, 5.74) is 1.06. The van der Waals surface area contributed by atoms with E-state index in [0.29, 0.717) is 16.1 Å². The number of benzene rings is 1. The van der Waals surface area contributed by atoms with E-state index < -0.39 is 0 Å². The van der Waals surface area contributed by atoms with Gasteiger partial charge in [-0.3, -0.25) is 9.59 Å². The molecule has 0 radical (unpaired) electrons. The number of hydrogen-bond donors (Lipinski definition) is 2. The highest BCUT2D eigenvalue weighted by Crippen LogP contribution is 2.24. The maximum Gasteiger partial charge on any atom is 0.256 e. The maximum absolute atomic E-state index is 12.2. The SMILES string of the molecule is CNC(=O)c1ccsc1NC(=O)c1cccc(SC)c1. The van der Waals surface area contributed by atoms with Gasteiger partial charge in [0.1, 0.15) is 5.00 Å². The topological polar surface area (TPSA) is 58.2 Å². The molecule has 0 spiro atoms. The molecule has 2 rings (SSSR count). The second-order valence-electron chi connectivity index (χ2n) is 3.93. The standard InChI is InChI=1S/C14H14N2O2S2/c1-15-13(18)11-6-7-20-14(11)16-12(17)9-4-3-5-10(8-9)19-2/h3-8H,1-2H3,(H,15,18)(H,16,17). The van der Waals surface area contributed by atoms with E-state index >= 15 is 0 Å². The molecule has 104 valence electrons. The molecule has 4 nitrogen and oxygen atoms in total. The van der Waals surface area contributed by atoms with Gasteiger partial charge in [-0.05, 0) is 35.9 Å². The van der Waals surface area contributed by atoms with Crippen molar-refractivity contribution in [3.8, 4) is 0 Å². The molecule has 1 aromatic carbocycles. The van der Waals surface area contributed by atoms with E-state index in [1.807, 2.05) is 24.5 Å². The first-order valence-electron chi connectivity index (χ1n) is 5.90. The van der Waals surface area contributed by atoms with Gasteiger partial charge >= 0.3 is 0 Å². The predicted octanol–water partition coefficient (Wildman–Crippen LogP) is 3.08. The van der Waals surface area contributed by atoms with Crippen molar-refractivity contribution in [3.63, 3.8) is 0 Å². The Morgan fingerprint density at radius 1 is 1.20 bits per heavy atom. The lowest BCUT2D eigenvalue weighted by Crippen LogP contribution is -2.20. The van der Waals surface area contributed by atoms with Crippen LogP contribution in [-0.2, 0) is 0 Å². The van der Waals surface area contributed by atoms with Crippen molar-refractivity contribution in [1.82, 2.24) is 5.32 Å². The summed E-state index contributed by atoms with van der Waals surface area (Å²) in [5, 5.41) is 7.67. The Morgan fingerprint density at radius 3 is 2.70 bits per heavy atom. The first kappa shape index (κ1) is 14.6. The highest BCUT2D eigenvalue weighted by atomic mass is 32.2. The second kappa shape index (κ2) is 6.58. The van der Waals surface area contributed by atoms with E-state index in [9.17, 15) is 9.59 Å². The Bertz CT molecular complexity index is 638. The van der Waals surface area contributed by atoms with Crippen molar-refractivity contribution in [1.29, 1.82) is 0 Å². The summed E-state index contributed by atoms with van der Waals surface area (Å²) < 4.78 is 0. The third kappa shape index (κ3) is 3.20. The minimum absolute atomic E-state index is 0.209. The van der Waals surface area contributed by atoms with Crippen molar-refractivity contribution in [2.45, 2.75) is 4.90 Å². The minimum atomic E-state index is -0.214. The van der Waals surface area contributed by atoms with Crippen LogP contribution >= 0.6 is 23.1 Å². The molecule has 1 heterocycles. The summed E-state index contributed by atoms with van der Waals surface area (Å²) in [4.78, 5) is 24.9. The number of carbonyl (C=O) groups excluding carboxylic acids is 2. The Hall–Kier alpha value is -1.79.